The number of carbonyl (C=O) groups excluding carboxylic acids is 1. The molecule has 1 aliphatic carbocycles. The van der Waals surface area contributed by atoms with E-state index in [9.17, 15) is 4.79 Å². The van der Waals surface area contributed by atoms with Gasteiger partial charge in [-0.2, -0.15) is 0 Å². The average Bonchev–Trinajstić information content (AvgIpc) is 2.82. The number of amides is 2. The Labute approximate surface area is 104 Å². The molecule has 1 heterocycles. The Morgan fingerprint density at radius 2 is 2.00 bits per heavy atom. The first-order chi connectivity index (χ1) is 8.16. The van der Waals surface area contributed by atoms with Gasteiger partial charge < -0.3 is 16.0 Å². The van der Waals surface area contributed by atoms with Gasteiger partial charge in [-0.25, -0.2) is 4.79 Å². The topological polar surface area (TPSA) is 58.4 Å². The number of nitrogens with zero attached hydrogens (tertiary/aromatic N) is 1. The molecule has 1 aliphatic heterocycles. The normalized spacial score (nSPS) is 28.1. The Hall–Kier alpha value is -0.770. The van der Waals surface area contributed by atoms with E-state index < -0.39 is 0 Å². The summed E-state index contributed by atoms with van der Waals surface area (Å²) in [5, 5.41) is 3.15. The van der Waals surface area contributed by atoms with Gasteiger partial charge in [0.2, 0.25) is 0 Å². The van der Waals surface area contributed by atoms with Crippen molar-refractivity contribution in [1.82, 2.24) is 10.2 Å². The summed E-state index contributed by atoms with van der Waals surface area (Å²) in [6, 6.07) is 0.734. The summed E-state index contributed by atoms with van der Waals surface area (Å²) in [4.78, 5) is 14.1. The van der Waals surface area contributed by atoms with Gasteiger partial charge in [-0.15, -0.1) is 0 Å². The largest absolute Gasteiger partial charge is 0.335 e. The molecule has 1 saturated carbocycles. The second-order valence-electron chi connectivity index (χ2n) is 5.64. The second kappa shape index (κ2) is 5.71. The van der Waals surface area contributed by atoms with Crippen molar-refractivity contribution in [3.8, 4) is 0 Å². The second-order valence-corrected chi connectivity index (χ2v) is 5.64. The maximum Gasteiger partial charge on any atom is 0.317 e. The van der Waals surface area contributed by atoms with Crippen LogP contribution in [0.2, 0.25) is 0 Å². The summed E-state index contributed by atoms with van der Waals surface area (Å²) in [7, 11) is 0. The first kappa shape index (κ1) is 12.7. The highest BCUT2D eigenvalue weighted by Gasteiger charge is 2.27. The van der Waals surface area contributed by atoms with Crippen LogP contribution in [0.25, 0.3) is 0 Å². The van der Waals surface area contributed by atoms with Crippen molar-refractivity contribution in [1.29, 1.82) is 0 Å². The van der Waals surface area contributed by atoms with E-state index in [4.69, 9.17) is 5.73 Å². The average molecular weight is 239 g/mol. The summed E-state index contributed by atoms with van der Waals surface area (Å²) < 4.78 is 0. The van der Waals surface area contributed by atoms with Gasteiger partial charge in [0.15, 0.2) is 0 Å². The van der Waals surface area contributed by atoms with Crippen LogP contribution in [-0.2, 0) is 0 Å². The summed E-state index contributed by atoms with van der Waals surface area (Å²) in [5.74, 6) is 0.470. The minimum atomic E-state index is 0.127. The summed E-state index contributed by atoms with van der Waals surface area (Å²) in [6.45, 7) is 3.76. The number of nitrogens with two attached hydrogens (primary N) is 1. The van der Waals surface area contributed by atoms with Gasteiger partial charge in [0, 0.05) is 25.2 Å². The molecule has 17 heavy (non-hydrogen) atoms. The first-order valence-corrected chi connectivity index (χ1v) is 6.98. The molecule has 0 radical (unpaired) electrons. The van der Waals surface area contributed by atoms with Crippen LogP contribution in [0, 0.1) is 5.92 Å². The molecule has 2 fully saturated rings. The lowest BCUT2D eigenvalue weighted by Gasteiger charge is -2.35. The fourth-order valence-corrected chi connectivity index (χ4v) is 2.96. The first-order valence-electron chi connectivity index (χ1n) is 6.98. The molecule has 2 rings (SSSR count). The summed E-state index contributed by atoms with van der Waals surface area (Å²) in [6.07, 6.45) is 7.06. The van der Waals surface area contributed by atoms with Crippen molar-refractivity contribution < 1.29 is 4.79 Å². The molecule has 0 aromatic carbocycles. The number of urea groups is 1. The lowest BCUT2D eigenvalue weighted by molar-refractivity contribution is 0.155. The third-order valence-electron chi connectivity index (χ3n) is 4.17. The highest BCUT2D eigenvalue weighted by Crippen LogP contribution is 2.21. The van der Waals surface area contributed by atoms with Gasteiger partial charge in [0.25, 0.3) is 0 Å². The monoisotopic (exact) mass is 239 g/mol. The molecule has 4 nitrogen and oxygen atoms in total. The predicted molar refractivity (Wildman–Crippen MR) is 68.7 cm³/mol. The summed E-state index contributed by atoms with van der Waals surface area (Å²) in [5.41, 5.74) is 5.93. The Balaban J connectivity index is 1.81. The smallest absolute Gasteiger partial charge is 0.317 e. The molecule has 0 aromatic heterocycles. The van der Waals surface area contributed by atoms with E-state index in [1.165, 1.54) is 12.8 Å². The van der Waals surface area contributed by atoms with E-state index in [0.717, 1.165) is 38.8 Å². The van der Waals surface area contributed by atoms with Crippen LogP contribution in [0.3, 0.4) is 0 Å². The molecule has 4 heteroatoms. The van der Waals surface area contributed by atoms with Gasteiger partial charge in [-0.1, -0.05) is 12.8 Å². The van der Waals surface area contributed by atoms with Crippen molar-refractivity contribution >= 4 is 6.03 Å². The number of piperidine rings is 1. The Morgan fingerprint density at radius 3 is 2.65 bits per heavy atom. The highest BCUT2D eigenvalue weighted by molar-refractivity contribution is 5.74. The van der Waals surface area contributed by atoms with Crippen LogP contribution in [0.4, 0.5) is 4.79 Å². The standard InChI is InChI=1S/C13H25N3O/c1-10(14)11-5-4-8-16(9-11)13(17)15-12-6-2-3-7-12/h10-12H,2-9,14H2,1H3,(H,15,17). The van der Waals surface area contributed by atoms with Gasteiger partial charge in [0.1, 0.15) is 0 Å². The zero-order valence-electron chi connectivity index (χ0n) is 10.8. The van der Waals surface area contributed by atoms with Crippen molar-refractivity contribution in [3.05, 3.63) is 0 Å². The number of hydrogen-bond donors (Lipinski definition) is 2. The maximum absolute atomic E-state index is 12.1. The maximum atomic E-state index is 12.1. The number of nitrogens with one attached hydrogen (secondary N) is 1. The quantitative estimate of drug-likeness (QED) is 0.770. The number of hydrogen-bond acceptors (Lipinski definition) is 2. The molecule has 3 N–H and O–H groups in total. The molecule has 2 unspecified atom stereocenters. The molecule has 2 atom stereocenters. The molecule has 2 amide bonds. The minimum absolute atomic E-state index is 0.127. The third kappa shape index (κ3) is 3.35. The molecule has 0 bridgehead atoms. The van der Waals surface area contributed by atoms with Crippen molar-refractivity contribution in [2.45, 2.75) is 57.5 Å². The SMILES string of the molecule is CC(N)C1CCCN(C(=O)NC2CCCC2)C1. The number of carbonyl (C=O) groups is 1. The van der Waals surface area contributed by atoms with Gasteiger partial charge in [-0.3, -0.25) is 0 Å². The summed E-state index contributed by atoms with van der Waals surface area (Å²) >= 11 is 0. The zero-order valence-corrected chi connectivity index (χ0v) is 10.8. The minimum Gasteiger partial charge on any atom is -0.335 e. The van der Waals surface area contributed by atoms with E-state index >= 15 is 0 Å². The van der Waals surface area contributed by atoms with Gasteiger partial charge >= 0.3 is 6.03 Å². The Bertz CT molecular complexity index is 261. The number of rotatable bonds is 2. The Kier molecular flexibility index (Phi) is 4.26. The van der Waals surface area contributed by atoms with Crippen LogP contribution in [0.5, 0.6) is 0 Å². The van der Waals surface area contributed by atoms with Crippen LogP contribution in [0.1, 0.15) is 45.4 Å². The number of likely N-dealkylation sites (tertiary alicyclic amines) is 1. The fourth-order valence-electron chi connectivity index (χ4n) is 2.96. The Morgan fingerprint density at radius 1 is 1.29 bits per heavy atom. The van der Waals surface area contributed by atoms with Gasteiger partial charge in [-0.05, 0) is 38.5 Å². The zero-order chi connectivity index (χ0) is 12.3. The molecule has 98 valence electrons. The molecule has 0 spiro atoms. The van der Waals surface area contributed by atoms with Crippen LogP contribution < -0.4 is 11.1 Å². The van der Waals surface area contributed by atoms with E-state index in [-0.39, 0.29) is 12.1 Å². The van der Waals surface area contributed by atoms with E-state index in [1.54, 1.807) is 0 Å². The predicted octanol–water partition coefficient (Wildman–Crippen LogP) is 1.70. The van der Waals surface area contributed by atoms with Crippen molar-refractivity contribution in [2.24, 2.45) is 11.7 Å². The fraction of sp³-hybridized carbons (Fsp3) is 0.923. The van der Waals surface area contributed by atoms with Crippen molar-refractivity contribution in [2.75, 3.05) is 13.1 Å². The lowest BCUT2D eigenvalue weighted by Crippen LogP contribution is -2.50. The van der Waals surface area contributed by atoms with Crippen LogP contribution in [0.15, 0.2) is 0 Å². The third-order valence-corrected chi connectivity index (χ3v) is 4.17. The van der Waals surface area contributed by atoms with Crippen LogP contribution in [-0.4, -0.2) is 36.1 Å². The van der Waals surface area contributed by atoms with E-state index in [0.29, 0.717) is 12.0 Å². The highest BCUT2D eigenvalue weighted by atomic mass is 16.2. The molecular formula is C13H25N3O. The van der Waals surface area contributed by atoms with E-state index in [1.807, 2.05) is 11.8 Å². The van der Waals surface area contributed by atoms with Crippen LogP contribution >= 0.6 is 0 Å². The molecular weight excluding hydrogens is 214 g/mol. The van der Waals surface area contributed by atoms with Crippen molar-refractivity contribution in [3.63, 3.8) is 0 Å². The molecule has 1 saturated heterocycles. The van der Waals surface area contributed by atoms with E-state index in [2.05, 4.69) is 5.32 Å². The lowest BCUT2D eigenvalue weighted by atomic mass is 9.92. The van der Waals surface area contributed by atoms with Gasteiger partial charge in [0.05, 0.1) is 0 Å². The molecule has 2 aliphatic rings. The molecule has 0 aromatic rings.